The molecular formula is C23H32N2O7. The molecule has 1 aliphatic carbocycles. The number of carboxylic acid groups (broad SMARTS) is 2. The van der Waals surface area contributed by atoms with E-state index in [4.69, 9.17) is 9.84 Å². The molecule has 2 amide bonds. The third kappa shape index (κ3) is 8.95. The molecule has 176 valence electrons. The summed E-state index contributed by atoms with van der Waals surface area (Å²) < 4.78 is 5.06. The van der Waals surface area contributed by atoms with E-state index >= 15 is 0 Å². The molecule has 0 bridgehead atoms. The van der Waals surface area contributed by atoms with Crippen LogP contribution in [0.1, 0.15) is 63.4 Å². The maximum atomic E-state index is 12.3. The molecule has 1 aromatic rings. The maximum Gasteiger partial charge on any atom is 0.408 e. The Morgan fingerprint density at radius 3 is 2.31 bits per heavy atom. The predicted molar refractivity (Wildman–Crippen MR) is 116 cm³/mol. The molecule has 2 rings (SSSR count). The van der Waals surface area contributed by atoms with Crippen molar-refractivity contribution in [2.45, 2.75) is 70.4 Å². The Bertz CT molecular complexity index is 776. The van der Waals surface area contributed by atoms with Crippen LogP contribution in [0.4, 0.5) is 4.79 Å². The van der Waals surface area contributed by atoms with Gasteiger partial charge >= 0.3 is 18.0 Å². The molecule has 0 aromatic heterocycles. The number of hydrogen-bond acceptors (Lipinski definition) is 5. The normalized spacial score (nSPS) is 15.5. The number of unbranched alkanes of at least 4 members (excludes halogenated alkanes) is 1. The number of alkyl carbamates (subject to hydrolysis) is 1. The summed E-state index contributed by atoms with van der Waals surface area (Å²) in [4.78, 5) is 46.7. The molecule has 1 aromatic carbocycles. The molecule has 0 spiro atoms. The van der Waals surface area contributed by atoms with Crippen LogP contribution in [0.5, 0.6) is 0 Å². The van der Waals surface area contributed by atoms with Gasteiger partial charge in [-0.2, -0.15) is 0 Å². The number of rotatable bonds is 13. The van der Waals surface area contributed by atoms with Crippen molar-refractivity contribution in [3.63, 3.8) is 0 Å². The van der Waals surface area contributed by atoms with Crippen molar-refractivity contribution < 1.29 is 34.1 Å². The van der Waals surface area contributed by atoms with E-state index in [0.29, 0.717) is 19.4 Å². The van der Waals surface area contributed by atoms with E-state index in [1.54, 1.807) is 12.1 Å². The maximum absolute atomic E-state index is 12.3. The quantitative estimate of drug-likeness (QED) is 0.340. The fourth-order valence-corrected chi connectivity index (χ4v) is 4.13. The number of aliphatic carboxylic acids is 2. The molecule has 1 unspecified atom stereocenters. The molecule has 32 heavy (non-hydrogen) atoms. The lowest BCUT2D eigenvalue weighted by molar-refractivity contribution is -0.141. The van der Waals surface area contributed by atoms with Crippen LogP contribution in [0.25, 0.3) is 0 Å². The van der Waals surface area contributed by atoms with Gasteiger partial charge in [0.05, 0.1) is 6.42 Å². The highest BCUT2D eigenvalue weighted by atomic mass is 16.5. The van der Waals surface area contributed by atoms with Crippen LogP contribution in [-0.2, 0) is 25.7 Å². The van der Waals surface area contributed by atoms with Crippen molar-refractivity contribution in [3.8, 4) is 0 Å². The molecule has 1 fully saturated rings. The summed E-state index contributed by atoms with van der Waals surface area (Å²) in [5.74, 6) is -2.21. The second kappa shape index (κ2) is 12.7. The van der Waals surface area contributed by atoms with E-state index in [0.717, 1.165) is 31.2 Å². The first-order valence-electron chi connectivity index (χ1n) is 11.0. The molecule has 0 saturated heterocycles. The lowest BCUT2D eigenvalue weighted by Gasteiger charge is -2.26. The number of carbonyl (C=O) groups excluding carboxylic acids is 2. The second-order valence-corrected chi connectivity index (χ2v) is 8.40. The summed E-state index contributed by atoms with van der Waals surface area (Å²) in [7, 11) is 0. The van der Waals surface area contributed by atoms with E-state index in [1.807, 2.05) is 18.2 Å². The van der Waals surface area contributed by atoms with Gasteiger partial charge in [0.2, 0.25) is 5.91 Å². The van der Waals surface area contributed by atoms with Gasteiger partial charge in [-0.05, 0) is 43.1 Å². The number of carboxylic acids is 2. The van der Waals surface area contributed by atoms with Crippen molar-refractivity contribution in [3.05, 3.63) is 35.9 Å². The van der Waals surface area contributed by atoms with Gasteiger partial charge in [-0.25, -0.2) is 9.59 Å². The number of ether oxygens (including phenoxy) is 1. The monoisotopic (exact) mass is 448 g/mol. The van der Waals surface area contributed by atoms with E-state index in [-0.39, 0.29) is 31.8 Å². The van der Waals surface area contributed by atoms with Crippen molar-refractivity contribution in [2.24, 2.45) is 5.41 Å². The van der Waals surface area contributed by atoms with Crippen molar-refractivity contribution >= 4 is 23.9 Å². The molecule has 4 N–H and O–H groups in total. The van der Waals surface area contributed by atoms with Gasteiger partial charge < -0.3 is 25.6 Å². The van der Waals surface area contributed by atoms with Crippen LogP contribution in [0.3, 0.4) is 0 Å². The Balaban J connectivity index is 1.65. The van der Waals surface area contributed by atoms with Crippen molar-refractivity contribution in [1.29, 1.82) is 0 Å². The fraction of sp³-hybridized carbons (Fsp3) is 0.565. The lowest BCUT2D eigenvalue weighted by Crippen LogP contribution is -2.41. The Morgan fingerprint density at radius 1 is 1.00 bits per heavy atom. The van der Waals surface area contributed by atoms with Gasteiger partial charge in [0.1, 0.15) is 12.6 Å². The zero-order chi connectivity index (χ0) is 23.4. The van der Waals surface area contributed by atoms with Crippen LogP contribution in [0.2, 0.25) is 0 Å². The van der Waals surface area contributed by atoms with Gasteiger partial charge in [0, 0.05) is 13.0 Å². The highest BCUT2D eigenvalue weighted by Gasteiger charge is 2.37. The second-order valence-electron chi connectivity index (χ2n) is 8.40. The first-order valence-corrected chi connectivity index (χ1v) is 11.0. The first kappa shape index (κ1) is 25.2. The topological polar surface area (TPSA) is 142 Å². The Kier molecular flexibility index (Phi) is 9.97. The summed E-state index contributed by atoms with van der Waals surface area (Å²) in [6, 6.07) is 7.99. The van der Waals surface area contributed by atoms with Gasteiger partial charge in [-0.15, -0.1) is 0 Å². The van der Waals surface area contributed by atoms with Crippen LogP contribution >= 0.6 is 0 Å². The van der Waals surface area contributed by atoms with E-state index in [2.05, 4.69) is 10.6 Å². The molecule has 1 aliphatic rings. The zero-order valence-electron chi connectivity index (χ0n) is 18.2. The molecule has 0 radical (unpaired) electrons. The van der Waals surface area contributed by atoms with Crippen LogP contribution < -0.4 is 10.6 Å². The molecule has 0 aliphatic heterocycles. The summed E-state index contributed by atoms with van der Waals surface area (Å²) in [6.45, 7) is 0.418. The number of nitrogens with one attached hydrogen (secondary N) is 2. The molecular weight excluding hydrogens is 416 g/mol. The third-order valence-electron chi connectivity index (χ3n) is 5.77. The minimum absolute atomic E-state index is 0.00670. The molecule has 1 saturated carbocycles. The highest BCUT2D eigenvalue weighted by molar-refractivity contribution is 5.80. The van der Waals surface area contributed by atoms with E-state index in [9.17, 15) is 24.3 Å². The Morgan fingerprint density at radius 2 is 1.69 bits per heavy atom. The molecule has 9 nitrogen and oxygen atoms in total. The van der Waals surface area contributed by atoms with Crippen LogP contribution in [0.15, 0.2) is 30.3 Å². The van der Waals surface area contributed by atoms with Crippen LogP contribution in [-0.4, -0.2) is 46.7 Å². The summed E-state index contributed by atoms with van der Waals surface area (Å²) in [5.41, 5.74) is 0.349. The Hall–Kier alpha value is -3.10. The van der Waals surface area contributed by atoms with Gasteiger partial charge in [0.25, 0.3) is 0 Å². The van der Waals surface area contributed by atoms with E-state index in [1.165, 1.54) is 0 Å². The fourth-order valence-electron chi connectivity index (χ4n) is 4.13. The zero-order valence-corrected chi connectivity index (χ0v) is 18.2. The van der Waals surface area contributed by atoms with Gasteiger partial charge in [-0.1, -0.05) is 43.2 Å². The van der Waals surface area contributed by atoms with E-state index < -0.39 is 29.5 Å². The average Bonchev–Trinajstić information content (AvgIpc) is 3.18. The lowest BCUT2D eigenvalue weighted by atomic mass is 9.79. The molecule has 9 heteroatoms. The van der Waals surface area contributed by atoms with Crippen LogP contribution in [0, 0.1) is 5.41 Å². The standard InChI is InChI=1S/C23H32N2O7/c26-19(14-23(15-20(27)28)11-5-6-12-23)24-13-7-4-10-18(21(29)30)25-22(31)32-16-17-8-2-1-3-9-17/h1-3,8-9,18H,4-7,10-16H2,(H,24,26)(H,25,31)(H,27,28)(H,29,30). The SMILES string of the molecule is O=C(O)CC1(CC(=O)NCCCCC(NC(=O)OCc2ccccc2)C(=O)O)CCCC1. The number of carbonyl (C=O) groups is 4. The largest absolute Gasteiger partial charge is 0.481 e. The third-order valence-corrected chi connectivity index (χ3v) is 5.77. The Labute approximate surface area is 187 Å². The summed E-state index contributed by atoms with van der Waals surface area (Å²) in [5, 5.41) is 23.6. The number of hydrogen-bond donors (Lipinski definition) is 4. The first-order chi connectivity index (χ1) is 15.3. The van der Waals surface area contributed by atoms with Crippen molar-refractivity contribution in [1.82, 2.24) is 10.6 Å². The van der Waals surface area contributed by atoms with Gasteiger partial charge in [-0.3, -0.25) is 9.59 Å². The molecule has 1 atom stereocenters. The minimum Gasteiger partial charge on any atom is -0.481 e. The minimum atomic E-state index is -1.15. The highest BCUT2D eigenvalue weighted by Crippen LogP contribution is 2.43. The average molecular weight is 449 g/mol. The summed E-state index contributed by atoms with van der Waals surface area (Å²) in [6.07, 6.45) is 4.02. The number of benzene rings is 1. The molecule has 0 heterocycles. The van der Waals surface area contributed by atoms with Gasteiger partial charge in [0.15, 0.2) is 0 Å². The summed E-state index contributed by atoms with van der Waals surface area (Å²) >= 11 is 0. The smallest absolute Gasteiger partial charge is 0.408 e. The predicted octanol–water partition coefficient (Wildman–Crippen LogP) is 3.08. The van der Waals surface area contributed by atoms with Crippen molar-refractivity contribution in [2.75, 3.05) is 6.54 Å². The number of amides is 2.